The van der Waals surface area contributed by atoms with Crippen LogP contribution in [0.3, 0.4) is 0 Å². The summed E-state index contributed by atoms with van der Waals surface area (Å²) >= 11 is 0. The van der Waals surface area contributed by atoms with E-state index in [1.165, 1.54) is 44.2 Å². The van der Waals surface area contributed by atoms with Crippen LogP contribution in [-0.2, 0) is 6.54 Å². The van der Waals surface area contributed by atoms with Crippen LogP contribution in [-0.4, -0.2) is 35.6 Å². The Balaban J connectivity index is 2.09. The third-order valence-electron chi connectivity index (χ3n) is 4.79. The monoisotopic (exact) mass is 289 g/mol. The highest BCUT2D eigenvalue weighted by molar-refractivity contribution is 5.10. The summed E-state index contributed by atoms with van der Waals surface area (Å²) in [6.45, 7) is 6.42. The van der Waals surface area contributed by atoms with Crippen molar-refractivity contribution >= 4 is 0 Å². The molecule has 1 aliphatic carbocycles. The molecular formula is C18H31N3. The Morgan fingerprint density at radius 3 is 2.62 bits per heavy atom. The summed E-state index contributed by atoms with van der Waals surface area (Å²) in [6.07, 6.45) is 8.14. The van der Waals surface area contributed by atoms with Crippen molar-refractivity contribution in [3.63, 3.8) is 0 Å². The molecule has 0 aromatic carbocycles. The summed E-state index contributed by atoms with van der Waals surface area (Å²) in [5, 5.41) is 3.57. The maximum absolute atomic E-state index is 4.69. The van der Waals surface area contributed by atoms with Gasteiger partial charge in [-0.15, -0.1) is 0 Å². The van der Waals surface area contributed by atoms with Crippen molar-refractivity contribution in [3.05, 3.63) is 29.6 Å². The number of likely N-dealkylation sites (N-methyl/N-ethyl adjacent to an activating group) is 2. The van der Waals surface area contributed by atoms with E-state index in [4.69, 9.17) is 0 Å². The van der Waals surface area contributed by atoms with Crippen LogP contribution >= 0.6 is 0 Å². The maximum atomic E-state index is 4.69. The molecule has 1 aromatic heterocycles. The zero-order valence-corrected chi connectivity index (χ0v) is 13.9. The highest BCUT2D eigenvalue weighted by Gasteiger charge is 2.26. The Bertz CT molecular complexity index is 419. The Morgan fingerprint density at radius 2 is 1.95 bits per heavy atom. The van der Waals surface area contributed by atoms with Gasteiger partial charge in [0, 0.05) is 24.3 Å². The first-order valence-electron chi connectivity index (χ1n) is 8.58. The molecule has 1 saturated carbocycles. The molecule has 3 heteroatoms. The highest BCUT2D eigenvalue weighted by Crippen LogP contribution is 2.23. The Morgan fingerprint density at radius 1 is 1.19 bits per heavy atom. The predicted molar refractivity (Wildman–Crippen MR) is 89.4 cm³/mol. The molecule has 0 bridgehead atoms. The molecule has 2 rings (SSSR count). The summed E-state index contributed by atoms with van der Waals surface area (Å²) < 4.78 is 0. The van der Waals surface area contributed by atoms with Crippen LogP contribution in [0.25, 0.3) is 0 Å². The lowest BCUT2D eigenvalue weighted by Gasteiger charge is -2.37. The zero-order chi connectivity index (χ0) is 15.1. The average molecular weight is 289 g/mol. The number of aromatic nitrogens is 1. The van der Waals surface area contributed by atoms with Crippen LogP contribution in [0, 0.1) is 6.92 Å². The normalized spacial score (nSPS) is 23.8. The number of rotatable bonds is 5. The van der Waals surface area contributed by atoms with Crippen molar-refractivity contribution in [3.8, 4) is 0 Å². The topological polar surface area (TPSA) is 28.2 Å². The SMILES string of the molecule is CCN(Cc1cccc(C)n1)C1CCCCCCC1NC. The average Bonchev–Trinajstić information content (AvgIpc) is 2.45. The smallest absolute Gasteiger partial charge is 0.0547 e. The van der Waals surface area contributed by atoms with Gasteiger partial charge in [-0.3, -0.25) is 9.88 Å². The van der Waals surface area contributed by atoms with Gasteiger partial charge in [0.2, 0.25) is 0 Å². The lowest BCUT2D eigenvalue weighted by atomic mass is 9.91. The summed E-state index contributed by atoms with van der Waals surface area (Å²) in [6, 6.07) is 7.62. The van der Waals surface area contributed by atoms with Crippen LogP contribution in [0.5, 0.6) is 0 Å². The van der Waals surface area contributed by atoms with Crippen molar-refractivity contribution in [2.24, 2.45) is 0 Å². The van der Waals surface area contributed by atoms with E-state index in [1.807, 2.05) is 0 Å². The lowest BCUT2D eigenvalue weighted by molar-refractivity contribution is 0.134. The third-order valence-corrected chi connectivity index (χ3v) is 4.79. The van der Waals surface area contributed by atoms with Crippen molar-refractivity contribution in [2.75, 3.05) is 13.6 Å². The van der Waals surface area contributed by atoms with E-state index in [-0.39, 0.29) is 0 Å². The van der Waals surface area contributed by atoms with Gasteiger partial charge < -0.3 is 5.32 Å². The molecule has 21 heavy (non-hydrogen) atoms. The molecule has 1 heterocycles. The van der Waals surface area contributed by atoms with Gasteiger partial charge in [-0.05, 0) is 45.5 Å². The van der Waals surface area contributed by atoms with E-state index in [0.29, 0.717) is 12.1 Å². The van der Waals surface area contributed by atoms with E-state index < -0.39 is 0 Å². The minimum absolute atomic E-state index is 0.620. The molecule has 0 spiro atoms. The Kier molecular flexibility index (Phi) is 6.65. The maximum Gasteiger partial charge on any atom is 0.0547 e. The van der Waals surface area contributed by atoms with Gasteiger partial charge in [0.15, 0.2) is 0 Å². The summed E-state index contributed by atoms with van der Waals surface area (Å²) in [5.74, 6) is 0. The lowest BCUT2D eigenvalue weighted by Crippen LogP contribution is -2.49. The number of hydrogen-bond donors (Lipinski definition) is 1. The minimum atomic E-state index is 0.620. The van der Waals surface area contributed by atoms with E-state index >= 15 is 0 Å². The fourth-order valence-corrected chi connectivity index (χ4v) is 3.60. The standard InChI is InChI=1S/C18H31N3/c1-4-21(14-16-11-9-10-15(2)20-16)18-13-8-6-5-7-12-17(18)19-3/h9-11,17-19H,4-8,12-14H2,1-3H3. The van der Waals surface area contributed by atoms with E-state index in [1.54, 1.807) is 0 Å². The van der Waals surface area contributed by atoms with Crippen LogP contribution < -0.4 is 5.32 Å². The van der Waals surface area contributed by atoms with Gasteiger partial charge in [0.1, 0.15) is 0 Å². The molecule has 118 valence electrons. The first-order chi connectivity index (χ1) is 10.2. The van der Waals surface area contributed by atoms with Gasteiger partial charge >= 0.3 is 0 Å². The van der Waals surface area contributed by atoms with Crippen molar-refractivity contribution < 1.29 is 0 Å². The molecule has 1 aromatic rings. The Labute approximate surface area is 130 Å². The molecule has 1 fully saturated rings. The van der Waals surface area contributed by atoms with Crippen molar-refractivity contribution in [1.82, 2.24) is 15.2 Å². The van der Waals surface area contributed by atoms with Crippen LogP contribution in [0.2, 0.25) is 0 Å². The second-order valence-electron chi connectivity index (χ2n) is 6.29. The van der Waals surface area contributed by atoms with Crippen LogP contribution in [0.15, 0.2) is 18.2 Å². The molecule has 3 nitrogen and oxygen atoms in total. The predicted octanol–water partition coefficient (Wildman–Crippen LogP) is 3.52. The van der Waals surface area contributed by atoms with Gasteiger partial charge in [-0.25, -0.2) is 0 Å². The summed E-state index contributed by atoms with van der Waals surface area (Å²) in [5.41, 5.74) is 2.32. The van der Waals surface area contributed by atoms with E-state index in [9.17, 15) is 0 Å². The second-order valence-corrected chi connectivity index (χ2v) is 6.29. The molecule has 0 radical (unpaired) electrons. The van der Waals surface area contributed by atoms with Gasteiger partial charge in [0.25, 0.3) is 0 Å². The van der Waals surface area contributed by atoms with E-state index in [0.717, 1.165) is 18.8 Å². The molecule has 1 N–H and O–H groups in total. The zero-order valence-electron chi connectivity index (χ0n) is 13.9. The fraction of sp³-hybridized carbons (Fsp3) is 0.722. The quantitative estimate of drug-likeness (QED) is 0.899. The Hall–Kier alpha value is -0.930. The van der Waals surface area contributed by atoms with E-state index in [2.05, 4.69) is 54.3 Å². The number of nitrogens with zero attached hydrogens (tertiary/aromatic N) is 2. The van der Waals surface area contributed by atoms with Crippen LogP contribution in [0.4, 0.5) is 0 Å². The van der Waals surface area contributed by atoms with Gasteiger partial charge in [-0.1, -0.05) is 38.7 Å². The molecule has 1 aliphatic rings. The van der Waals surface area contributed by atoms with Gasteiger partial charge in [0.05, 0.1) is 5.69 Å². The van der Waals surface area contributed by atoms with Crippen molar-refractivity contribution in [2.45, 2.75) is 71.0 Å². The molecule has 0 saturated heterocycles. The third kappa shape index (κ3) is 4.79. The first kappa shape index (κ1) is 16.4. The number of pyridine rings is 1. The molecule has 2 unspecified atom stereocenters. The minimum Gasteiger partial charge on any atom is -0.315 e. The number of aryl methyl sites for hydroxylation is 1. The second kappa shape index (κ2) is 8.50. The molecule has 0 amide bonds. The number of nitrogens with one attached hydrogen (secondary N) is 1. The number of hydrogen-bond acceptors (Lipinski definition) is 3. The molecule has 2 atom stereocenters. The molecule has 0 aliphatic heterocycles. The summed E-state index contributed by atoms with van der Waals surface area (Å²) in [4.78, 5) is 7.31. The fourth-order valence-electron chi connectivity index (χ4n) is 3.60. The summed E-state index contributed by atoms with van der Waals surface area (Å²) in [7, 11) is 2.12. The van der Waals surface area contributed by atoms with Crippen molar-refractivity contribution in [1.29, 1.82) is 0 Å². The highest BCUT2D eigenvalue weighted by atomic mass is 15.2. The van der Waals surface area contributed by atoms with Gasteiger partial charge in [-0.2, -0.15) is 0 Å². The first-order valence-corrected chi connectivity index (χ1v) is 8.58. The largest absolute Gasteiger partial charge is 0.315 e. The molecular weight excluding hydrogens is 258 g/mol. The van der Waals surface area contributed by atoms with Crippen LogP contribution in [0.1, 0.15) is 56.8 Å².